The van der Waals surface area contributed by atoms with Crippen molar-refractivity contribution in [2.24, 2.45) is 0 Å². The van der Waals surface area contributed by atoms with Gasteiger partial charge in [0.1, 0.15) is 10.8 Å². The predicted molar refractivity (Wildman–Crippen MR) is 80.8 cm³/mol. The molecule has 1 rings (SSSR count). The van der Waals surface area contributed by atoms with E-state index < -0.39 is 0 Å². The van der Waals surface area contributed by atoms with Crippen LogP contribution in [0.1, 0.15) is 19.8 Å². The highest BCUT2D eigenvalue weighted by Crippen LogP contribution is 2.31. The zero-order chi connectivity index (χ0) is 15.7. The average Bonchev–Trinajstić information content (AvgIpc) is 2.45. The van der Waals surface area contributed by atoms with E-state index in [1.165, 1.54) is 0 Å². The van der Waals surface area contributed by atoms with Crippen LogP contribution in [-0.4, -0.2) is 31.6 Å². The van der Waals surface area contributed by atoms with Crippen molar-refractivity contribution in [1.29, 1.82) is 0 Å². The summed E-state index contributed by atoms with van der Waals surface area (Å²) in [6, 6.07) is 4.94. The SMILES string of the molecule is CCOC(=O)CCCNC(=O)COc1cccc(Cl)c1Cl. The van der Waals surface area contributed by atoms with Crippen LogP contribution in [0.15, 0.2) is 18.2 Å². The molecule has 1 aromatic carbocycles. The Labute approximate surface area is 133 Å². The summed E-state index contributed by atoms with van der Waals surface area (Å²) in [6.45, 7) is 2.32. The Bertz CT molecular complexity index is 494. The minimum Gasteiger partial charge on any atom is -0.482 e. The van der Waals surface area contributed by atoms with Crippen LogP contribution >= 0.6 is 23.2 Å². The maximum absolute atomic E-state index is 11.6. The van der Waals surface area contributed by atoms with Crippen molar-refractivity contribution in [2.75, 3.05) is 19.8 Å². The highest BCUT2D eigenvalue weighted by molar-refractivity contribution is 6.42. The molecule has 0 heterocycles. The lowest BCUT2D eigenvalue weighted by Gasteiger charge is -2.09. The number of amides is 1. The summed E-state index contributed by atoms with van der Waals surface area (Å²) in [4.78, 5) is 22.6. The number of carbonyl (C=O) groups is 2. The van der Waals surface area contributed by atoms with Gasteiger partial charge >= 0.3 is 5.97 Å². The Balaban J connectivity index is 2.22. The molecule has 0 aromatic heterocycles. The lowest BCUT2D eigenvalue weighted by molar-refractivity contribution is -0.143. The lowest BCUT2D eigenvalue weighted by Crippen LogP contribution is -2.30. The summed E-state index contributed by atoms with van der Waals surface area (Å²) in [5.41, 5.74) is 0. The van der Waals surface area contributed by atoms with Crippen LogP contribution in [0.3, 0.4) is 0 Å². The molecule has 1 N–H and O–H groups in total. The molecule has 0 aliphatic rings. The quantitative estimate of drug-likeness (QED) is 0.586. The molecule has 0 radical (unpaired) electrons. The Kier molecular flexibility index (Phi) is 7.93. The van der Waals surface area contributed by atoms with Gasteiger partial charge in [0.05, 0.1) is 11.6 Å². The van der Waals surface area contributed by atoms with Crippen LogP contribution in [-0.2, 0) is 14.3 Å². The van der Waals surface area contributed by atoms with Gasteiger partial charge in [-0.3, -0.25) is 9.59 Å². The van der Waals surface area contributed by atoms with Crippen LogP contribution in [0.25, 0.3) is 0 Å². The number of hydrogen-bond acceptors (Lipinski definition) is 4. The van der Waals surface area contributed by atoms with Gasteiger partial charge in [0.25, 0.3) is 5.91 Å². The van der Waals surface area contributed by atoms with Crippen LogP contribution in [0.2, 0.25) is 10.0 Å². The van der Waals surface area contributed by atoms with Gasteiger partial charge in [-0.05, 0) is 25.5 Å². The number of carbonyl (C=O) groups excluding carboxylic acids is 2. The first-order valence-corrected chi connectivity index (χ1v) is 7.29. The highest BCUT2D eigenvalue weighted by Gasteiger charge is 2.08. The molecule has 7 heteroatoms. The second-order valence-electron chi connectivity index (χ2n) is 4.10. The molecular formula is C14H17Cl2NO4. The topological polar surface area (TPSA) is 64.6 Å². The number of nitrogens with one attached hydrogen (secondary N) is 1. The zero-order valence-electron chi connectivity index (χ0n) is 11.7. The molecule has 0 aliphatic carbocycles. The molecule has 0 saturated heterocycles. The molecule has 0 saturated carbocycles. The minimum atomic E-state index is -0.296. The summed E-state index contributed by atoms with van der Waals surface area (Å²) in [5, 5.41) is 3.27. The van der Waals surface area contributed by atoms with Crippen molar-refractivity contribution < 1.29 is 19.1 Å². The van der Waals surface area contributed by atoms with Crippen molar-refractivity contribution in [2.45, 2.75) is 19.8 Å². The fraction of sp³-hybridized carbons (Fsp3) is 0.429. The summed E-state index contributed by atoms with van der Waals surface area (Å²) in [7, 11) is 0. The molecule has 0 atom stereocenters. The molecular weight excluding hydrogens is 317 g/mol. The van der Waals surface area contributed by atoms with E-state index in [0.29, 0.717) is 30.3 Å². The summed E-state index contributed by atoms with van der Waals surface area (Å²) in [6.07, 6.45) is 0.789. The average molecular weight is 334 g/mol. The monoisotopic (exact) mass is 333 g/mol. The molecule has 5 nitrogen and oxygen atoms in total. The van der Waals surface area contributed by atoms with Crippen LogP contribution in [0.4, 0.5) is 0 Å². The molecule has 0 aliphatic heterocycles. The standard InChI is InChI=1S/C14H17Cl2NO4/c1-2-20-13(19)7-4-8-17-12(18)9-21-11-6-3-5-10(15)14(11)16/h3,5-6H,2,4,7-9H2,1H3,(H,17,18). The van der Waals surface area contributed by atoms with Crippen LogP contribution in [0, 0.1) is 0 Å². The molecule has 0 unspecified atom stereocenters. The van der Waals surface area contributed by atoms with Gasteiger partial charge in [-0.2, -0.15) is 0 Å². The zero-order valence-corrected chi connectivity index (χ0v) is 13.2. The Morgan fingerprint density at radius 1 is 1.29 bits per heavy atom. The Morgan fingerprint density at radius 2 is 2.05 bits per heavy atom. The van der Waals surface area contributed by atoms with E-state index in [0.717, 1.165) is 0 Å². The van der Waals surface area contributed by atoms with Gasteiger partial charge < -0.3 is 14.8 Å². The fourth-order valence-corrected chi connectivity index (χ4v) is 1.83. The number of esters is 1. The number of ether oxygens (including phenoxy) is 2. The third-order valence-corrected chi connectivity index (χ3v) is 3.26. The normalized spacial score (nSPS) is 10.0. The van der Waals surface area contributed by atoms with Gasteiger partial charge in [-0.15, -0.1) is 0 Å². The largest absolute Gasteiger partial charge is 0.482 e. The predicted octanol–water partition coefficient (Wildman–Crippen LogP) is 2.83. The molecule has 1 aromatic rings. The first-order valence-electron chi connectivity index (χ1n) is 6.53. The van der Waals surface area contributed by atoms with Gasteiger partial charge in [0.2, 0.25) is 0 Å². The highest BCUT2D eigenvalue weighted by atomic mass is 35.5. The summed E-state index contributed by atoms with van der Waals surface area (Å²) in [5.74, 6) is -0.213. The van der Waals surface area contributed by atoms with E-state index in [-0.39, 0.29) is 29.9 Å². The maximum Gasteiger partial charge on any atom is 0.305 e. The van der Waals surface area contributed by atoms with Crippen molar-refractivity contribution in [3.8, 4) is 5.75 Å². The second-order valence-corrected chi connectivity index (χ2v) is 4.88. The molecule has 1 amide bonds. The van der Waals surface area contributed by atoms with Crippen molar-refractivity contribution in [1.82, 2.24) is 5.32 Å². The van der Waals surface area contributed by atoms with E-state index in [9.17, 15) is 9.59 Å². The van der Waals surface area contributed by atoms with Crippen molar-refractivity contribution in [3.63, 3.8) is 0 Å². The van der Waals surface area contributed by atoms with E-state index in [4.69, 9.17) is 32.7 Å². The van der Waals surface area contributed by atoms with Crippen molar-refractivity contribution in [3.05, 3.63) is 28.2 Å². The number of rotatable bonds is 8. The van der Waals surface area contributed by atoms with Gasteiger partial charge in [-0.25, -0.2) is 0 Å². The summed E-state index contributed by atoms with van der Waals surface area (Å²) >= 11 is 11.8. The molecule has 0 fully saturated rings. The van der Waals surface area contributed by atoms with Crippen LogP contribution in [0.5, 0.6) is 5.75 Å². The second kappa shape index (κ2) is 9.47. The van der Waals surface area contributed by atoms with E-state index >= 15 is 0 Å². The molecule has 116 valence electrons. The third-order valence-electron chi connectivity index (χ3n) is 2.46. The molecule has 0 spiro atoms. The van der Waals surface area contributed by atoms with E-state index in [1.54, 1.807) is 25.1 Å². The number of benzene rings is 1. The Hall–Kier alpha value is -1.46. The number of hydrogen-bond donors (Lipinski definition) is 1. The minimum absolute atomic E-state index is 0.167. The smallest absolute Gasteiger partial charge is 0.305 e. The first-order chi connectivity index (χ1) is 10.0. The molecule has 21 heavy (non-hydrogen) atoms. The fourth-order valence-electron chi connectivity index (χ4n) is 1.48. The first kappa shape index (κ1) is 17.6. The number of halogens is 2. The molecule has 0 bridgehead atoms. The van der Waals surface area contributed by atoms with E-state index in [1.807, 2.05) is 0 Å². The Morgan fingerprint density at radius 3 is 2.76 bits per heavy atom. The van der Waals surface area contributed by atoms with Crippen LogP contribution < -0.4 is 10.1 Å². The van der Waals surface area contributed by atoms with Gasteiger partial charge in [0.15, 0.2) is 6.61 Å². The van der Waals surface area contributed by atoms with Gasteiger partial charge in [-0.1, -0.05) is 29.3 Å². The van der Waals surface area contributed by atoms with Gasteiger partial charge in [0, 0.05) is 13.0 Å². The van der Waals surface area contributed by atoms with Crippen molar-refractivity contribution >= 4 is 35.1 Å². The summed E-state index contributed by atoms with van der Waals surface area (Å²) < 4.78 is 10.1. The lowest BCUT2D eigenvalue weighted by atomic mass is 10.3. The third kappa shape index (κ3) is 6.69. The van der Waals surface area contributed by atoms with E-state index in [2.05, 4.69) is 5.32 Å². The maximum atomic E-state index is 11.6.